The van der Waals surface area contributed by atoms with Crippen LogP contribution in [0.3, 0.4) is 0 Å². The molecule has 0 aliphatic carbocycles. The third kappa shape index (κ3) is 1.99. The zero-order valence-electron chi connectivity index (χ0n) is 8.35. The van der Waals surface area contributed by atoms with Gasteiger partial charge in [0.15, 0.2) is 0 Å². The molecule has 0 bridgehead atoms. The first-order valence-electron chi connectivity index (χ1n) is 4.82. The van der Waals surface area contributed by atoms with E-state index in [-0.39, 0.29) is 0 Å². The van der Waals surface area contributed by atoms with E-state index in [1.807, 2.05) is 0 Å². The van der Waals surface area contributed by atoms with Crippen LogP contribution < -0.4 is 0 Å². The molecule has 0 aromatic heterocycles. The van der Waals surface area contributed by atoms with Gasteiger partial charge in [0.05, 0.1) is 0 Å². The summed E-state index contributed by atoms with van der Waals surface area (Å²) in [5, 5.41) is 0. The fourth-order valence-electron chi connectivity index (χ4n) is 2.14. The van der Waals surface area contributed by atoms with Crippen LogP contribution in [0.5, 0.6) is 0 Å². The smallest absolute Gasteiger partial charge is 0.103 e. The van der Waals surface area contributed by atoms with Crippen molar-refractivity contribution in [3.05, 3.63) is 0 Å². The summed E-state index contributed by atoms with van der Waals surface area (Å²) in [7, 11) is 2.30. The van der Waals surface area contributed by atoms with Crippen LogP contribution in [0, 0.1) is 0 Å². The van der Waals surface area contributed by atoms with Gasteiger partial charge < -0.3 is 0 Å². The average Bonchev–Trinajstić information content (AvgIpc) is 2.31. The van der Waals surface area contributed by atoms with E-state index in [0.29, 0.717) is 5.54 Å². The number of likely N-dealkylation sites (tertiary alicyclic amines) is 1. The molecule has 1 rings (SSSR count). The molecule has 0 aromatic carbocycles. The van der Waals surface area contributed by atoms with Crippen LogP contribution in [0.2, 0.25) is 6.32 Å². The summed E-state index contributed by atoms with van der Waals surface area (Å²) in [6.07, 6.45) is 4.13. The molecule has 0 aromatic rings. The van der Waals surface area contributed by atoms with Crippen molar-refractivity contribution in [2.45, 2.75) is 51.5 Å². The first-order valence-corrected chi connectivity index (χ1v) is 4.82. The molecule has 64 valence electrons. The standard InChI is InChI=1S/C9H20BN/c1-9(2,3)11-6-4-5-8(11)7-10/h8H,4-7,10H2,1-3H3. The third-order valence-corrected chi connectivity index (χ3v) is 2.71. The minimum absolute atomic E-state index is 0.386. The molecule has 1 saturated heterocycles. The van der Waals surface area contributed by atoms with Gasteiger partial charge in [0.1, 0.15) is 7.85 Å². The highest BCUT2D eigenvalue weighted by Gasteiger charge is 2.31. The van der Waals surface area contributed by atoms with Crippen molar-refractivity contribution in [3.63, 3.8) is 0 Å². The molecule has 0 N–H and O–H groups in total. The molecular formula is C9H20BN. The minimum atomic E-state index is 0.386. The normalized spacial score (nSPS) is 27.7. The molecule has 1 unspecified atom stereocenters. The highest BCUT2D eigenvalue weighted by atomic mass is 15.2. The molecule has 1 nitrogen and oxygen atoms in total. The van der Waals surface area contributed by atoms with Gasteiger partial charge in [0.2, 0.25) is 0 Å². The van der Waals surface area contributed by atoms with Gasteiger partial charge in [-0.2, -0.15) is 0 Å². The van der Waals surface area contributed by atoms with Gasteiger partial charge in [-0.05, 0) is 40.2 Å². The Morgan fingerprint density at radius 1 is 1.45 bits per heavy atom. The van der Waals surface area contributed by atoms with Crippen LogP contribution in [0.25, 0.3) is 0 Å². The van der Waals surface area contributed by atoms with Crippen molar-refractivity contribution in [3.8, 4) is 0 Å². The van der Waals surface area contributed by atoms with Gasteiger partial charge in [-0.3, -0.25) is 4.90 Å². The lowest BCUT2D eigenvalue weighted by Gasteiger charge is -2.36. The van der Waals surface area contributed by atoms with Crippen molar-refractivity contribution in [1.29, 1.82) is 0 Å². The van der Waals surface area contributed by atoms with Crippen molar-refractivity contribution in [2.75, 3.05) is 6.54 Å². The van der Waals surface area contributed by atoms with Gasteiger partial charge in [-0.1, -0.05) is 6.32 Å². The zero-order chi connectivity index (χ0) is 8.48. The van der Waals surface area contributed by atoms with E-state index < -0.39 is 0 Å². The molecule has 11 heavy (non-hydrogen) atoms. The first kappa shape index (κ1) is 9.12. The molecule has 0 amide bonds. The maximum Gasteiger partial charge on any atom is 0.103 e. The van der Waals surface area contributed by atoms with Crippen LogP contribution >= 0.6 is 0 Å². The summed E-state index contributed by atoms with van der Waals surface area (Å²) in [6, 6.07) is 0.856. The highest BCUT2D eigenvalue weighted by molar-refractivity contribution is 6.08. The summed E-state index contributed by atoms with van der Waals surface area (Å²) >= 11 is 0. The molecule has 2 heteroatoms. The van der Waals surface area contributed by atoms with Gasteiger partial charge in [0, 0.05) is 11.6 Å². The Balaban J connectivity index is 2.57. The van der Waals surface area contributed by atoms with Gasteiger partial charge >= 0.3 is 0 Å². The molecule has 0 spiro atoms. The molecule has 1 aliphatic heterocycles. The van der Waals surface area contributed by atoms with Crippen molar-refractivity contribution < 1.29 is 0 Å². The maximum absolute atomic E-state index is 2.65. The van der Waals surface area contributed by atoms with E-state index in [4.69, 9.17) is 0 Å². The molecule has 0 radical (unpaired) electrons. The second-order valence-corrected chi connectivity index (χ2v) is 4.57. The number of rotatable bonds is 1. The Bertz CT molecular complexity index is 128. The molecule has 1 aliphatic rings. The lowest BCUT2D eigenvalue weighted by Crippen LogP contribution is -2.44. The molecule has 1 atom stereocenters. The maximum atomic E-state index is 2.65. The van der Waals surface area contributed by atoms with Crippen LogP contribution in [-0.4, -0.2) is 30.9 Å². The number of hydrogen-bond acceptors (Lipinski definition) is 1. The first-order chi connectivity index (χ1) is 5.05. The van der Waals surface area contributed by atoms with E-state index in [0.717, 1.165) is 6.04 Å². The lowest BCUT2D eigenvalue weighted by molar-refractivity contribution is 0.131. The summed E-state index contributed by atoms with van der Waals surface area (Å²) in [5.41, 5.74) is 0.386. The number of nitrogens with zero attached hydrogens (tertiary/aromatic N) is 1. The molecule has 1 fully saturated rings. The fraction of sp³-hybridized carbons (Fsp3) is 1.00. The Labute approximate surface area is 71.6 Å². The lowest BCUT2D eigenvalue weighted by atomic mass is 9.93. The molecule has 0 saturated carbocycles. The summed E-state index contributed by atoms with van der Waals surface area (Å²) < 4.78 is 0. The molecule has 1 heterocycles. The number of hydrogen-bond donors (Lipinski definition) is 0. The summed E-state index contributed by atoms with van der Waals surface area (Å²) in [6.45, 7) is 8.27. The van der Waals surface area contributed by atoms with Crippen molar-refractivity contribution >= 4 is 7.85 Å². The van der Waals surface area contributed by atoms with Crippen LogP contribution in [0.15, 0.2) is 0 Å². The average molecular weight is 153 g/mol. The van der Waals surface area contributed by atoms with Crippen LogP contribution in [0.4, 0.5) is 0 Å². The van der Waals surface area contributed by atoms with E-state index in [1.165, 1.54) is 25.7 Å². The van der Waals surface area contributed by atoms with Gasteiger partial charge in [-0.15, -0.1) is 0 Å². The quantitative estimate of drug-likeness (QED) is 0.513. The highest BCUT2D eigenvalue weighted by Crippen LogP contribution is 2.27. The summed E-state index contributed by atoms with van der Waals surface area (Å²) in [4.78, 5) is 2.65. The minimum Gasteiger partial charge on any atom is -0.296 e. The largest absolute Gasteiger partial charge is 0.296 e. The van der Waals surface area contributed by atoms with Crippen molar-refractivity contribution in [2.24, 2.45) is 0 Å². The second kappa shape index (κ2) is 3.18. The Kier molecular flexibility index (Phi) is 2.63. The second-order valence-electron chi connectivity index (χ2n) is 4.57. The predicted octanol–water partition coefficient (Wildman–Crippen LogP) is 1.30. The third-order valence-electron chi connectivity index (χ3n) is 2.71. The Morgan fingerprint density at radius 2 is 2.09 bits per heavy atom. The van der Waals surface area contributed by atoms with Crippen LogP contribution in [0.1, 0.15) is 33.6 Å². The predicted molar refractivity (Wildman–Crippen MR) is 52.8 cm³/mol. The van der Waals surface area contributed by atoms with E-state index in [2.05, 4.69) is 33.5 Å². The van der Waals surface area contributed by atoms with Gasteiger partial charge in [0.25, 0.3) is 0 Å². The Hall–Kier alpha value is 0.0249. The summed E-state index contributed by atoms with van der Waals surface area (Å²) in [5.74, 6) is 0. The SMILES string of the molecule is BCC1CCCN1C(C)(C)C. The topological polar surface area (TPSA) is 3.24 Å². The molecular weight excluding hydrogens is 133 g/mol. The van der Waals surface area contributed by atoms with E-state index >= 15 is 0 Å². The van der Waals surface area contributed by atoms with Crippen molar-refractivity contribution in [1.82, 2.24) is 4.90 Å². The van der Waals surface area contributed by atoms with Crippen LogP contribution in [-0.2, 0) is 0 Å². The van der Waals surface area contributed by atoms with Gasteiger partial charge in [-0.25, -0.2) is 0 Å². The zero-order valence-corrected chi connectivity index (χ0v) is 8.35. The van der Waals surface area contributed by atoms with E-state index in [1.54, 1.807) is 0 Å². The monoisotopic (exact) mass is 153 g/mol. The Morgan fingerprint density at radius 3 is 2.45 bits per heavy atom. The van der Waals surface area contributed by atoms with E-state index in [9.17, 15) is 0 Å². The fourth-order valence-corrected chi connectivity index (χ4v) is 2.14.